The van der Waals surface area contributed by atoms with Gasteiger partial charge >= 0.3 is 0 Å². The van der Waals surface area contributed by atoms with Crippen molar-refractivity contribution in [2.24, 2.45) is 17.3 Å². The molecule has 1 amide bonds. The van der Waals surface area contributed by atoms with Gasteiger partial charge < -0.3 is 4.90 Å². The standard InChI is InChI=1S/C25H38ClNO4S/c1-16(2)22(15-32(30,31)18(5)6)27-21(19-8-10-20(26)11-9-19)12-13-25(7,24(27)29)14-23(28)17(3)4/h8-11,16-18,21-22H,12-15H2,1-7H3/t21?,22?,25-/m1/s1. The maximum atomic E-state index is 14.0. The Hall–Kier alpha value is -1.40. The number of nitrogens with zero attached hydrogens (tertiary/aromatic N) is 1. The number of Topliss-reactive ketones (excluding diaryl/α,β-unsaturated/α-hetero) is 1. The highest BCUT2D eigenvalue weighted by atomic mass is 35.5. The summed E-state index contributed by atoms with van der Waals surface area (Å²) in [6.45, 7) is 12.8. The number of carbonyl (C=O) groups excluding carboxylic acids is 2. The Bertz CT molecular complexity index is 924. The zero-order valence-electron chi connectivity index (χ0n) is 20.4. The predicted molar refractivity (Wildman–Crippen MR) is 130 cm³/mol. The second-order valence-corrected chi connectivity index (χ2v) is 13.4. The summed E-state index contributed by atoms with van der Waals surface area (Å²) in [6.07, 6.45) is 1.42. The Morgan fingerprint density at radius 3 is 2.16 bits per heavy atom. The molecule has 0 aliphatic carbocycles. The van der Waals surface area contributed by atoms with E-state index in [0.717, 1.165) is 5.56 Å². The topological polar surface area (TPSA) is 71.5 Å². The van der Waals surface area contributed by atoms with E-state index in [4.69, 9.17) is 11.6 Å². The van der Waals surface area contributed by atoms with Crippen molar-refractivity contribution in [2.75, 3.05) is 5.75 Å². The van der Waals surface area contributed by atoms with Crippen molar-refractivity contribution in [3.05, 3.63) is 34.9 Å². The molecule has 1 aliphatic heterocycles. The van der Waals surface area contributed by atoms with Crippen LogP contribution in [0.15, 0.2) is 24.3 Å². The summed E-state index contributed by atoms with van der Waals surface area (Å²) >= 11 is 6.09. The van der Waals surface area contributed by atoms with Crippen molar-refractivity contribution >= 4 is 33.1 Å². The Morgan fingerprint density at radius 2 is 1.69 bits per heavy atom. The molecule has 1 aliphatic rings. The number of piperidine rings is 1. The van der Waals surface area contributed by atoms with Crippen LogP contribution < -0.4 is 0 Å². The number of rotatable bonds is 9. The van der Waals surface area contributed by atoms with Crippen LogP contribution in [0.3, 0.4) is 0 Å². The minimum absolute atomic E-state index is 0.0571. The number of halogens is 1. The van der Waals surface area contributed by atoms with E-state index in [1.54, 1.807) is 30.9 Å². The highest BCUT2D eigenvalue weighted by Crippen LogP contribution is 2.45. The lowest BCUT2D eigenvalue weighted by Crippen LogP contribution is -2.57. The maximum Gasteiger partial charge on any atom is 0.229 e. The summed E-state index contributed by atoms with van der Waals surface area (Å²) in [5.41, 5.74) is 0.103. The number of hydrogen-bond donors (Lipinski definition) is 0. The molecule has 1 fully saturated rings. The Kier molecular flexibility index (Phi) is 8.60. The van der Waals surface area contributed by atoms with Gasteiger partial charge in [-0.1, -0.05) is 58.4 Å². The summed E-state index contributed by atoms with van der Waals surface area (Å²) in [6, 6.07) is 6.67. The molecule has 0 radical (unpaired) electrons. The largest absolute Gasteiger partial charge is 0.331 e. The fourth-order valence-electron chi connectivity index (χ4n) is 4.33. The van der Waals surface area contributed by atoms with Crippen molar-refractivity contribution in [3.63, 3.8) is 0 Å². The first-order chi connectivity index (χ1) is 14.7. The molecule has 3 atom stereocenters. The predicted octanol–water partition coefficient (Wildman–Crippen LogP) is 5.47. The average molecular weight is 484 g/mol. The van der Waals surface area contributed by atoms with Gasteiger partial charge in [-0.25, -0.2) is 8.42 Å². The fraction of sp³-hybridized carbons (Fsp3) is 0.680. The van der Waals surface area contributed by atoms with Gasteiger partial charge in [0.25, 0.3) is 0 Å². The lowest BCUT2D eigenvalue weighted by Gasteiger charge is -2.49. The lowest BCUT2D eigenvalue weighted by atomic mass is 9.72. The zero-order chi connectivity index (χ0) is 24.4. The van der Waals surface area contributed by atoms with Gasteiger partial charge in [0.2, 0.25) is 5.91 Å². The second kappa shape index (κ2) is 10.3. The summed E-state index contributed by atoms with van der Waals surface area (Å²) in [7, 11) is -3.38. The third kappa shape index (κ3) is 5.93. The first-order valence-electron chi connectivity index (χ1n) is 11.5. The third-order valence-electron chi connectivity index (χ3n) is 6.77. The number of likely N-dealkylation sites (tertiary alicyclic amines) is 1. The van der Waals surface area contributed by atoms with Crippen LogP contribution in [0.4, 0.5) is 0 Å². The minimum atomic E-state index is -3.38. The summed E-state index contributed by atoms with van der Waals surface area (Å²) in [5.74, 6) is -0.376. The SMILES string of the molecule is CC(C)C(=O)C[C@@]1(C)CCC(c2ccc(Cl)cc2)N(C(CS(=O)(=O)C(C)C)C(C)C)C1=O. The quantitative estimate of drug-likeness (QED) is 0.466. The monoisotopic (exact) mass is 483 g/mol. The van der Waals surface area contributed by atoms with Gasteiger partial charge in [-0.2, -0.15) is 0 Å². The Labute approximate surface area is 198 Å². The van der Waals surface area contributed by atoms with Crippen LogP contribution in [0, 0.1) is 17.3 Å². The molecule has 0 spiro atoms. The Balaban J connectivity index is 2.55. The van der Waals surface area contributed by atoms with Crippen LogP contribution in [0.2, 0.25) is 5.02 Å². The zero-order valence-corrected chi connectivity index (χ0v) is 22.0. The summed E-state index contributed by atoms with van der Waals surface area (Å²) in [4.78, 5) is 28.4. The number of hydrogen-bond acceptors (Lipinski definition) is 4. The van der Waals surface area contributed by atoms with Gasteiger partial charge in [0.1, 0.15) is 5.78 Å². The molecule has 1 aromatic rings. The van der Waals surface area contributed by atoms with Crippen LogP contribution in [-0.2, 0) is 19.4 Å². The van der Waals surface area contributed by atoms with Gasteiger partial charge in [-0.15, -0.1) is 0 Å². The van der Waals surface area contributed by atoms with E-state index in [9.17, 15) is 18.0 Å². The van der Waals surface area contributed by atoms with Gasteiger partial charge in [0.15, 0.2) is 9.84 Å². The van der Waals surface area contributed by atoms with Gasteiger partial charge in [0.05, 0.1) is 22.5 Å². The molecule has 0 saturated carbocycles. The summed E-state index contributed by atoms with van der Waals surface area (Å²) in [5, 5.41) is 0.0872. The third-order valence-corrected chi connectivity index (χ3v) is 9.26. The van der Waals surface area contributed by atoms with Crippen LogP contribution in [0.5, 0.6) is 0 Å². The molecule has 1 aromatic carbocycles. The highest BCUT2D eigenvalue weighted by molar-refractivity contribution is 7.92. The Morgan fingerprint density at radius 1 is 1.12 bits per heavy atom. The summed E-state index contributed by atoms with van der Waals surface area (Å²) < 4.78 is 25.8. The van der Waals surface area contributed by atoms with Crippen LogP contribution in [0.25, 0.3) is 0 Å². The average Bonchev–Trinajstić information content (AvgIpc) is 2.69. The van der Waals surface area contributed by atoms with Crippen molar-refractivity contribution in [3.8, 4) is 0 Å². The number of benzene rings is 1. The molecular weight excluding hydrogens is 446 g/mol. The minimum Gasteiger partial charge on any atom is -0.331 e. The van der Waals surface area contributed by atoms with E-state index in [0.29, 0.717) is 17.9 Å². The van der Waals surface area contributed by atoms with Crippen molar-refractivity contribution in [2.45, 2.75) is 85.1 Å². The van der Waals surface area contributed by atoms with Crippen LogP contribution in [0.1, 0.15) is 79.3 Å². The highest BCUT2D eigenvalue weighted by Gasteiger charge is 2.49. The van der Waals surface area contributed by atoms with Gasteiger partial charge in [-0.3, -0.25) is 9.59 Å². The van der Waals surface area contributed by atoms with E-state index >= 15 is 0 Å². The van der Waals surface area contributed by atoms with E-state index in [1.165, 1.54) is 0 Å². The lowest BCUT2D eigenvalue weighted by molar-refractivity contribution is -0.156. The molecule has 0 N–H and O–H groups in total. The van der Waals surface area contributed by atoms with E-state index in [2.05, 4.69) is 0 Å². The number of amides is 1. The van der Waals surface area contributed by atoms with Crippen molar-refractivity contribution in [1.82, 2.24) is 4.90 Å². The van der Waals surface area contributed by atoms with Crippen LogP contribution in [-0.4, -0.2) is 42.1 Å². The number of ketones is 1. The molecule has 0 aromatic heterocycles. The molecule has 2 rings (SSSR count). The van der Waals surface area contributed by atoms with Gasteiger partial charge in [0, 0.05) is 23.4 Å². The molecule has 0 bridgehead atoms. The molecule has 1 heterocycles. The first kappa shape index (κ1) is 26.8. The van der Waals surface area contributed by atoms with Crippen molar-refractivity contribution < 1.29 is 18.0 Å². The first-order valence-corrected chi connectivity index (χ1v) is 13.6. The molecule has 7 heteroatoms. The van der Waals surface area contributed by atoms with Gasteiger partial charge in [-0.05, 0) is 50.3 Å². The van der Waals surface area contributed by atoms with Crippen LogP contribution >= 0.6 is 11.6 Å². The molecule has 2 unspecified atom stereocenters. The molecule has 1 saturated heterocycles. The molecule has 180 valence electrons. The second-order valence-electron chi connectivity index (χ2n) is 10.4. The molecule has 32 heavy (non-hydrogen) atoms. The van der Waals surface area contributed by atoms with E-state index in [-0.39, 0.29) is 41.7 Å². The molecule has 5 nitrogen and oxygen atoms in total. The maximum absolute atomic E-state index is 14.0. The van der Waals surface area contributed by atoms with E-state index in [1.807, 2.05) is 46.8 Å². The normalized spacial score (nSPS) is 23.3. The smallest absolute Gasteiger partial charge is 0.229 e. The van der Waals surface area contributed by atoms with E-state index < -0.39 is 26.5 Å². The number of sulfone groups is 1. The molecular formula is C25H38ClNO4S. The number of carbonyl (C=O) groups is 2. The fourth-order valence-corrected chi connectivity index (χ4v) is 5.86. The van der Waals surface area contributed by atoms with Crippen molar-refractivity contribution in [1.29, 1.82) is 0 Å².